The van der Waals surface area contributed by atoms with E-state index in [9.17, 15) is 14.9 Å². The molecule has 0 radical (unpaired) electrons. The van der Waals surface area contributed by atoms with Crippen LogP contribution in [0.3, 0.4) is 0 Å². The first-order chi connectivity index (χ1) is 10.1. The molecule has 0 spiro atoms. The minimum atomic E-state index is -0.481. The van der Waals surface area contributed by atoms with E-state index in [1.54, 1.807) is 24.3 Å². The van der Waals surface area contributed by atoms with Gasteiger partial charge in [-0.25, -0.2) is 4.90 Å². The van der Waals surface area contributed by atoms with Crippen molar-refractivity contribution in [1.82, 2.24) is 0 Å². The van der Waals surface area contributed by atoms with E-state index in [2.05, 4.69) is 0 Å². The van der Waals surface area contributed by atoms with Crippen LogP contribution < -0.4 is 4.90 Å². The highest BCUT2D eigenvalue weighted by Gasteiger charge is 2.37. The molecule has 0 aromatic heterocycles. The van der Waals surface area contributed by atoms with Gasteiger partial charge in [0, 0.05) is 0 Å². The van der Waals surface area contributed by atoms with Crippen LogP contribution in [-0.4, -0.2) is 11.8 Å². The van der Waals surface area contributed by atoms with Crippen molar-refractivity contribution in [3.63, 3.8) is 0 Å². The summed E-state index contributed by atoms with van der Waals surface area (Å²) in [4.78, 5) is 25.7. The van der Waals surface area contributed by atoms with Gasteiger partial charge in [-0.05, 0) is 24.3 Å². The van der Waals surface area contributed by atoms with Gasteiger partial charge >= 0.3 is 0 Å². The lowest BCUT2D eigenvalue weighted by atomic mass is 10.1. The monoisotopic (exact) mass is 316 g/mol. The fourth-order valence-electron chi connectivity index (χ4n) is 2.24. The largest absolute Gasteiger partial charge is 0.268 e. The Balaban J connectivity index is 2.21. The third-order valence-electron chi connectivity index (χ3n) is 3.22. The molecule has 1 aliphatic rings. The molecule has 1 aliphatic heterocycles. The molecule has 2 amide bonds. The molecule has 4 nitrogen and oxygen atoms in total. The highest BCUT2D eigenvalue weighted by molar-refractivity contribution is 6.43. The zero-order chi connectivity index (χ0) is 15.1. The number of amides is 2. The smallest absolute Gasteiger partial charge is 0.266 e. The van der Waals surface area contributed by atoms with Gasteiger partial charge in [0.15, 0.2) is 0 Å². The van der Waals surface area contributed by atoms with E-state index in [-0.39, 0.29) is 21.3 Å². The number of carbonyl (C=O) groups is 2. The first-order valence-electron chi connectivity index (χ1n) is 5.92. The van der Waals surface area contributed by atoms with Crippen molar-refractivity contribution in [3.05, 3.63) is 63.1 Å². The van der Waals surface area contributed by atoms with E-state index < -0.39 is 11.8 Å². The van der Waals surface area contributed by atoms with Crippen molar-refractivity contribution >= 4 is 40.7 Å². The van der Waals surface area contributed by atoms with Crippen LogP contribution >= 0.6 is 23.2 Å². The predicted molar refractivity (Wildman–Crippen MR) is 78.8 cm³/mol. The SMILES string of the molecule is N#Cc1c(N2C(=O)c3ccccc3C2=O)ccc(Cl)c1Cl. The van der Waals surface area contributed by atoms with Crippen molar-refractivity contribution in [2.24, 2.45) is 0 Å². The molecule has 3 rings (SSSR count). The molecule has 0 fully saturated rings. The van der Waals surface area contributed by atoms with Gasteiger partial charge in [0.05, 0.1) is 32.4 Å². The van der Waals surface area contributed by atoms with Crippen LogP contribution in [0.15, 0.2) is 36.4 Å². The average molecular weight is 317 g/mol. The molecule has 102 valence electrons. The molecule has 0 saturated carbocycles. The molecular weight excluding hydrogens is 311 g/mol. The number of hydrogen-bond donors (Lipinski definition) is 0. The number of nitriles is 1. The van der Waals surface area contributed by atoms with E-state index in [1.165, 1.54) is 12.1 Å². The molecule has 0 unspecified atom stereocenters. The lowest BCUT2D eigenvalue weighted by molar-refractivity contribution is 0.0926. The van der Waals surface area contributed by atoms with E-state index >= 15 is 0 Å². The zero-order valence-corrected chi connectivity index (χ0v) is 11.9. The second-order valence-corrected chi connectivity index (χ2v) is 5.14. The predicted octanol–water partition coefficient (Wildman–Crippen LogP) is 3.67. The maximum absolute atomic E-state index is 12.4. The van der Waals surface area contributed by atoms with Crippen LogP contribution in [0.1, 0.15) is 26.3 Å². The minimum Gasteiger partial charge on any atom is -0.268 e. The van der Waals surface area contributed by atoms with Crippen LogP contribution in [0, 0.1) is 11.3 Å². The van der Waals surface area contributed by atoms with Crippen LogP contribution in [0.4, 0.5) is 5.69 Å². The summed E-state index contributed by atoms with van der Waals surface area (Å²) < 4.78 is 0. The third kappa shape index (κ3) is 1.90. The van der Waals surface area contributed by atoms with Gasteiger partial charge in [0.2, 0.25) is 0 Å². The Bertz CT molecular complexity index is 805. The summed E-state index contributed by atoms with van der Waals surface area (Å²) in [6, 6.07) is 11.3. The fourth-order valence-corrected chi connectivity index (χ4v) is 2.60. The standard InChI is InChI=1S/C15H6Cl2N2O2/c16-11-5-6-12(10(7-18)13(11)17)19-14(20)8-3-1-2-4-9(8)15(19)21/h1-6H. The number of rotatable bonds is 1. The second-order valence-electron chi connectivity index (χ2n) is 4.36. The van der Waals surface area contributed by atoms with Crippen molar-refractivity contribution in [2.45, 2.75) is 0 Å². The number of nitrogens with zero attached hydrogens (tertiary/aromatic N) is 2. The summed E-state index contributed by atoms with van der Waals surface area (Å²) in [7, 11) is 0. The van der Waals surface area contributed by atoms with Gasteiger partial charge in [-0.2, -0.15) is 5.26 Å². The number of hydrogen-bond acceptors (Lipinski definition) is 3. The van der Waals surface area contributed by atoms with E-state index in [4.69, 9.17) is 23.2 Å². The topological polar surface area (TPSA) is 61.2 Å². The van der Waals surface area contributed by atoms with Crippen molar-refractivity contribution in [1.29, 1.82) is 5.26 Å². The second kappa shape index (κ2) is 4.88. The summed E-state index contributed by atoms with van der Waals surface area (Å²) in [5, 5.41) is 9.44. The van der Waals surface area contributed by atoms with Gasteiger partial charge in [-0.3, -0.25) is 9.59 Å². The molecule has 21 heavy (non-hydrogen) atoms. The third-order valence-corrected chi connectivity index (χ3v) is 4.02. The zero-order valence-electron chi connectivity index (χ0n) is 10.4. The first kappa shape index (κ1) is 13.6. The molecular formula is C15H6Cl2N2O2. The van der Waals surface area contributed by atoms with Gasteiger partial charge in [-0.1, -0.05) is 35.3 Å². The Hall–Kier alpha value is -2.35. The molecule has 0 bridgehead atoms. The number of imide groups is 1. The lowest BCUT2D eigenvalue weighted by Crippen LogP contribution is -2.30. The van der Waals surface area contributed by atoms with E-state index in [1.807, 2.05) is 6.07 Å². The average Bonchev–Trinajstić information content (AvgIpc) is 2.74. The molecule has 2 aromatic rings. The highest BCUT2D eigenvalue weighted by Crippen LogP contribution is 2.36. The van der Waals surface area contributed by atoms with Gasteiger partial charge < -0.3 is 0 Å². The summed E-state index contributed by atoms with van der Waals surface area (Å²) in [5.41, 5.74) is 0.742. The number of benzene rings is 2. The Morgan fingerprint density at radius 1 is 0.952 bits per heavy atom. The molecule has 0 atom stereocenters. The Kier molecular flexibility index (Phi) is 3.17. The Labute approximate surface area is 130 Å². The molecule has 0 saturated heterocycles. The van der Waals surface area contributed by atoms with Crippen LogP contribution in [0.2, 0.25) is 10.0 Å². The van der Waals surface area contributed by atoms with Crippen molar-refractivity contribution in [2.75, 3.05) is 4.90 Å². The summed E-state index contributed by atoms with van der Waals surface area (Å²) >= 11 is 11.8. The van der Waals surface area contributed by atoms with Gasteiger partial charge in [0.1, 0.15) is 6.07 Å². The maximum Gasteiger partial charge on any atom is 0.266 e. The van der Waals surface area contributed by atoms with E-state index in [0.29, 0.717) is 11.1 Å². The summed E-state index contributed by atoms with van der Waals surface area (Å²) in [6.45, 7) is 0. The molecule has 2 aromatic carbocycles. The van der Waals surface area contributed by atoms with Crippen LogP contribution in [0.5, 0.6) is 0 Å². The molecule has 0 N–H and O–H groups in total. The number of anilines is 1. The normalized spacial score (nSPS) is 13.3. The van der Waals surface area contributed by atoms with Gasteiger partial charge in [-0.15, -0.1) is 0 Å². The number of fused-ring (bicyclic) bond motifs is 1. The molecule has 1 heterocycles. The van der Waals surface area contributed by atoms with Crippen molar-refractivity contribution < 1.29 is 9.59 Å². The molecule has 6 heteroatoms. The Morgan fingerprint density at radius 2 is 1.52 bits per heavy atom. The van der Waals surface area contributed by atoms with Gasteiger partial charge in [0.25, 0.3) is 11.8 Å². The maximum atomic E-state index is 12.4. The number of carbonyl (C=O) groups excluding carboxylic acids is 2. The fraction of sp³-hybridized carbons (Fsp3) is 0. The number of halogens is 2. The quantitative estimate of drug-likeness (QED) is 0.754. The lowest BCUT2D eigenvalue weighted by Gasteiger charge is -2.16. The first-order valence-corrected chi connectivity index (χ1v) is 6.67. The van der Waals surface area contributed by atoms with E-state index in [0.717, 1.165) is 4.90 Å². The van der Waals surface area contributed by atoms with Crippen molar-refractivity contribution in [3.8, 4) is 6.07 Å². The molecule has 0 aliphatic carbocycles. The van der Waals surface area contributed by atoms with Crippen LogP contribution in [-0.2, 0) is 0 Å². The highest BCUT2D eigenvalue weighted by atomic mass is 35.5. The Morgan fingerprint density at radius 3 is 2.05 bits per heavy atom. The van der Waals surface area contributed by atoms with Crippen LogP contribution in [0.25, 0.3) is 0 Å². The minimum absolute atomic E-state index is 0.00123. The summed E-state index contributed by atoms with van der Waals surface area (Å²) in [5.74, 6) is -0.962. The summed E-state index contributed by atoms with van der Waals surface area (Å²) in [6.07, 6.45) is 0.